The van der Waals surface area contributed by atoms with Crippen LogP contribution < -0.4 is 15.8 Å². The lowest BCUT2D eigenvalue weighted by molar-refractivity contribution is 0.0564. The monoisotopic (exact) mass is 671 g/mol. The van der Waals surface area contributed by atoms with Crippen LogP contribution in [0.4, 0.5) is 8.78 Å². The third-order valence-corrected chi connectivity index (χ3v) is 10.5. The maximum atomic E-state index is 13.9. The number of benzene rings is 1. The zero-order valence-corrected chi connectivity index (χ0v) is 27.6. The molecule has 0 radical (unpaired) electrons. The van der Waals surface area contributed by atoms with Crippen molar-refractivity contribution >= 4 is 33.9 Å². The van der Waals surface area contributed by atoms with E-state index in [1.54, 1.807) is 14.0 Å². The van der Waals surface area contributed by atoms with Crippen LogP contribution >= 0.6 is 0 Å². The van der Waals surface area contributed by atoms with E-state index in [9.17, 15) is 18.4 Å². The molecule has 49 heavy (non-hydrogen) atoms. The second-order valence-electron chi connectivity index (χ2n) is 13.8. The number of hydrogen-bond donors (Lipinski definition) is 2. The predicted octanol–water partition coefficient (Wildman–Crippen LogP) is 5.04. The van der Waals surface area contributed by atoms with E-state index in [2.05, 4.69) is 21.0 Å². The molecule has 5 heterocycles. The highest BCUT2D eigenvalue weighted by molar-refractivity contribution is 6.00. The number of hydrogen-bond acceptors (Lipinski definition) is 7. The van der Waals surface area contributed by atoms with Gasteiger partial charge in [-0.1, -0.05) is 0 Å². The number of ether oxygens (including phenoxy) is 1. The summed E-state index contributed by atoms with van der Waals surface area (Å²) in [5, 5.41) is 7.33. The highest BCUT2D eigenvalue weighted by atomic mass is 19.3. The zero-order valence-electron chi connectivity index (χ0n) is 27.6. The molecule has 8 rings (SSSR count). The van der Waals surface area contributed by atoms with Crippen molar-refractivity contribution in [3.05, 3.63) is 59.5 Å². The third-order valence-electron chi connectivity index (χ3n) is 10.5. The van der Waals surface area contributed by atoms with Crippen molar-refractivity contribution in [2.24, 2.45) is 24.6 Å². The van der Waals surface area contributed by atoms with Crippen LogP contribution in [-0.2, 0) is 13.6 Å². The number of carbonyl (C=O) groups excluding carboxylic acids is 2. The molecule has 2 aliphatic carbocycles. The second kappa shape index (κ2) is 11.9. The van der Waals surface area contributed by atoms with Crippen LogP contribution in [0, 0.1) is 11.8 Å². The molecule has 4 aromatic heterocycles. The lowest BCUT2D eigenvalue weighted by Crippen LogP contribution is -2.51. The van der Waals surface area contributed by atoms with Gasteiger partial charge >= 0.3 is 6.55 Å². The summed E-state index contributed by atoms with van der Waals surface area (Å²) in [5.41, 5.74) is 10.7. The lowest BCUT2D eigenvalue weighted by Gasteiger charge is -2.37. The van der Waals surface area contributed by atoms with Gasteiger partial charge in [-0.3, -0.25) is 9.59 Å². The van der Waals surface area contributed by atoms with Gasteiger partial charge in [-0.15, -0.1) is 0 Å². The number of nitrogens with two attached hydrogens (primary N) is 1. The Bertz CT molecular complexity index is 2100. The fourth-order valence-corrected chi connectivity index (χ4v) is 7.65. The number of fused-ring (bicyclic) bond motifs is 4. The van der Waals surface area contributed by atoms with Crippen LogP contribution in [0.1, 0.15) is 78.0 Å². The van der Waals surface area contributed by atoms with Gasteiger partial charge in [0.15, 0.2) is 5.82 Å². The van der Waals surface area contributed by atoms with Crippen LogP contribution in [0.25, 0.3) is 33.6 Å². The molecule has 3 aliphatic rings. The number of amides is 2. The molecule has 5 aromatic rings. The molecular formula is C35H39F2N9O3. The van der Waals surface area contributed by atoms with Crippen LogP contribution in [0.5, 0.6) is 5.75 Å². The summed E-state index contributed by atoms with van der Waals surface area (Å²) >= 11 is 0. The summed E-state index contributed by atoms with van der Waals surface area (Å²) in [5.74, 6) is 1.73. The molecule has 3 N–H and O–H groups in total. The normalized spacial score (nSPS) is 21.2. The van der Waals surface area contributed by atoms with Crippen LogP contribution in [0.3, 0.4) is 0 Å². The number of methoxy groups -OCH3 is 1. The third kappa shape index (κ3) is 5.51. The Hall–Kier alpha value is -4.85. The van der Waals surface area contributed by atoms with E-state index < -0.39 is 18.5 Å². The van der Waals surface area contributed by atoms with Gasteiger partial charge in [-0.25, -0.2) is 14.6 Å². The summed E-state index contributed by atoms with van der Waals surface area (Å²) in [6.07, 6.45) is 7.40. The van der Waals surface area contributed by atoms with Gasteiger partial charge in [-0.2, -0.15) is 13.9 Å². The lowest BCUT2D eigenvalue weighted by atomic mass is 9.94. The molecule has 1 aromatic carbocycles. The second-order valence-corrected chi connectivity index (χ2v) is 13.8. The molecule has 2 bridgehead atoms. The quantitative estimate of drug-likeness (QED) is 0.224. The molecule has 1 saturated heterocycles. The first-order valence-electron chi connectivity index (χ1n) is 16.8. The fraction of sp³-hybridized carbons (Fsp3) is 0.457. The molecule has 0 unspecified atom stereocenters. The van der Waals surface area contributed by atoms with E-state index in [1.807, 2.05) is 40.8 Å². The van der Waals surface area contributed by atoms with Crippen molar-refractivity contribution in [3.8, 4) is 17.3 Å². The molecule has 14 heteroatoms. The summed E-state index contributed by atoms with van der Waals surface area (Å²) < 4.78 is 36.4. The molecule has 12 nitrogen and oxygen atoms in total. The number of rotatable bonds is 9. The standard InChI is InChI=1S/C35H39F2N9O3/c1-18(40-33(47)23-14-39-46(16-23)35(36)37)26-9-7-21-12-28(45(31(21)41-26)15-19-4-5-19)32-42-27-11-22(13-29(49-3)30(27)43(32)2)34(48)44-17-25(38)20-6-8-24(44)10-20/h7,9,11-14,16,18-20,24-25,35H,4-6,8,10,15,17,38H2,1-3H3,(H,40,47)/t18-,20+,24-,25+/m1/s1. The molecule has 2 saturated carbocycles. The minimum atomic E-state index is -2.83. The summed E-state index contributed by atoms with van der Waals surface area (Å²) in [6, 6.07) is 9.28. The molecular weight excluding hydrogens is 632 g/mol. The van der Waals surface area contributed by atoms with Crippen molar-refractivity contribution in [3.63, 3.8) is 0 Å². The smallest absolute Gasteiger partial charge is 0.333 e. The van der Waals surface area contributed by atoms with Gasteiger partial charge in [0.05, 0.1) is 41.8 Å². The van der Waals surface area contributed by atoms with E-state index in [4.69, 9.17) is 20.4 Å². The SMILES string of the molecule is COc1cc(C(=O)N2C[C@H](N)[C@H]3CC[C@@H]2C3)cc2nc(-c3cc4ccc([C@@H](C)NC(=O)c5cnn(C(F)F)c5)nc4n3CC3CC3)n(C)c12. The first-order valence-corrected chi connectivity index (χ1v) is 16.8. The Kier molecular flexibility index (Phi) is 7.65. The van der Waals surface area contributed by atoms with E-state index >= 15 is 0 Å². The number of halogens is 2. The van der Waals surface area contributed by atoms with Gasteiger partial charge in [-0.05, 0) is 81.2 Å². The molecule has 4 atom stereocenters. The van der Waals surface area contributed by atoms with Crippen molar-refractivity contribution in [2.75, 3.05) is 13.7 Å². The number of aromatic nitrogens is 6. The average molecular weight is 672 g/mol. The van der Waals surface area contributed by atoms with Crippen LogP contribution in [0.15, 0.2) is 42.7 Å². The Morgan fingerprint density at radius 2 is 1.92 bits per heavy atom. The Morgan fingerprint density at radius 1 is 1.10 bits per heavy atom. The van der Waals surface area contributed by atoms with Gasteiger partial charge in [0, 0.05) is 49.4 Å². The van der Waals surface area contributed by atoms with Crippen LogP contribution in [0.2, 0.25) is 0 Å². The summed E-state index contributed by atoms with van der Waals surface area (Å²) in [7, 11) is 3.55. The topological polar surface area (TPSA) is 138 Å². The van der Waals surface area contributed by atoms with Gasteiger partial charge in [0.2, 0.25) is 0 Å². The minimum absolute atomic E-state index is 0.00501. The van der Waals surface area contributed by atoms with E-state index in [0.717, 1.165) is 73.3 Å². The number of alkyl halides is 2. The molecule has 1 aliphatic heterocycles. The number of piperidine rings is 1. The number of likely N-dealkylation sites (tertiary alicyclic amines) is 1. The minimum Gasteiger partial charge on any atom is -0.494 e. The predicted molar refractivity (Wildman–Crippen MR) is 178 cm³/mol. The summed E-state index contributed by atoms with van der Waals surface area (Å²) in [6.45, 7) is 0.291. The number of nitrogens with zero attached hydrogens (tertiary/aromatic N) is 7. The Morgan fingerprint density at radius 3 is 2.65 bits per heavy atom. The first kappa shape index (κ1) is 31.4. The molecule has 3 fully saturated rings. The molecule has 2 amide bonds. The zero-order chi connectivity index (χ0) is 34.1. The Balaban J connectivity index is 1.14. The van der Waals surface area contributed by atoms with Gasteiger partial charge < -0.3 is 29.8 Å². The number of pyridine rings is 1. The number of nitrogens with one attached hydrogen (secondary N) is 1. The Labute approximate surface area is 281 Å². The molecule has 0 spiro atoms. The highest BCUT2D eigenvalue weighted by Crippen LogP contribution is 2.40. The van der Waals surface area contributed by atoms with Crippen molar-refractivity contribution < 1.29 is 23.1 Å². The van der Waals surface area contributed by atoms with E-state index in [-0.39, 0.29) is 23.6 Å². The van der Waals surface area contributed by atoms with E-state index in [0.29, 0.717) is 51.4 Å². The van der Waals surface area contributed by atoms with Gasteiger partial charge in [0.1, 0.15) is 16.9 Å². The largest absolute Gasteiger partial charge is 0.494 e. The van der Waals surface area contributed by atoms with Crippen LogP contribution in [-0.4, -0.2) is 71.3 Å². The number of imidazole rings is 1. The van der Waals surface area contributed by atoms with Gasteiger partial charge in [0.25, 0.3) is 11.8 Å². The van der Waals surface area contributed by atoms with Crippen molar-refractivity contribution in [2.45, 2.75) is 70.2 Å². The van der Waals surface area contributed by atoms with Crippen molar-refractivity contribution in [1.82, 2.24) is 39.1 Å². The summed E-state index contributed by atoms with van der Waals surface area (Å²) in [4.78, 5) is 38.7. The maximum Gasteiger partial charge on any atom is 0.333 e. The number of aryl methyl sites for hydroxylation is 1. The molecule has 256 valence electrons. The first-order chi connectivity index (χ1) is 23.6. The average Bonchev–Trinajstić information content (AvgIpc) is 3.42. The maximum absolute atomic E-state index is 13.9. The highest BCUT2D eigenvalue weighted by Gasteiger charge is 2.41. The van der Waals surface area contributed by atoms with Crippen molar-refractivity contribution in [1.29, 1.82) is 0 Å². The number of carbonyl (C=O) groups is 2. The van der Waals surface area contributed by atoms with E-state index in [1.165, 1.54) is 0 Å². The fourth-order valence-electron chi connectivity index (χ4n) is 7.65.